The zero-order valence-electron chi connectivity index (χ0n) is 20.7. The third kappa shape index (κ3) is 7.92. The third-order valence-corrected chi connectivity index (χ3v) is 5.82. The molecule has 0 fully saturated rings. The van der Waals surface area contributed by atoms with Gasteiger partial charge in [0.1, 0.15) is 0 Å². The standard InChI is InChI=1S/C26H33N3O5S/c1-5-31-21-15-20(16-22(32-6-2)24(21)33-7-3)25-28-29-26(34-25)35-17-23(30)27-18(4)13-14-19-11-9-8-10-12-19/h8-12,15-16,18H,5-7,13-14,17H2,1-4H3,(H,27,30). The van der Waals surface area contributed by atoms with E-state index >= 15 is 0 Å². The Labute approximate surface area is 210 Å². The maximum Gasteiger partial charge on any atom is 0.277 e. The summed E-state index contributed by atoms with van der Waals surface area (Å²) >= 11 is 1.20. The molecule has 0 spiro atoms. The molecule has 3 aromatic rings. The van der Waals surface area contributed by atoms with Gasteiger partial charge in [-0.1, -0.05) is 42.1 Å². The SMILES string of the molecule is CCOc1cc(-c2nnc(SCC(=O)NC(C)CCc3ccccc3)o2)cc(OCC)c1OCC. The Morgan fingerprint density at radius 1 is 1.00 bits per heavy atom. The Morgan fingerprint density at radius 3 is 2.29 bits per heavy atom. The fourth-order valence-corrected chi connectivity index (χ4v) is 4.02. The molecule has 2 aromatic carbocycles. The van der Waals surface area contributed by atoms with Gasteiger partial charge < -0.3 is 23.9 Å². The lowest BCUT2D eigenvalue weighted by atomic mass is 10.1. The van der Waals surface area contributed by atoms with Gasteiger partial charge in [0.2, 0.25) is 17.5 Å². The number of benzene rings is 2. The second-order valence-electron chi connectivity index (χ2n) is 7.76. The fraction of sp³-hybridized carbons (Fsp3) is 0.423. The number of amides is 1. The summed E-state index contributed by atoms with van der Waals surface area (Å²) < 4.78 is 23.1. The van der Waals surface area contributed by atoms with Crippen LogP contribution >= 0.6 is 11.8 Å². The van der Waals surface area contributed by atoms with Gasteiger partial charge in [0, 0.05) is 11.6 Å². The van der Waals surface area contributed by atoms with Crippen molar-refractivity contribution in [2.75, 3.05) is 25.6 Å². The first-order valence-electron chi connectivity index (χ1n) is 11.9. The van der Waals surface area contributed by atoms with Crippen LogP contribution in [0.2, 0.25) is 0 Å². The van der Waals surface area contributed by atoms with Crippen LogP contribution in [-0.4, -0.2) is 47.7 Å². The number of ether oxygens (including phenoxy) is 3. The summed E-state index contributed by atoms with van der Waals surface area (Å²) in [7, 11) is 0. The van der Waals surface area contributed by atoms with Crippen LogP contribution in [0.1, 0.15) is 39.7 Å². The van der Waals surface area contributed by atoms with Gasteiger partial charge in [-0.3, -0.25) is 4.79 Å². The molecule has 8 nitrogen and oxygen atoms in total. The largest absolute Gasteiger partial charge is 0.490 e. The average Bonchev–Trinajstić information content (AvgIpc) is 3.33. The van der Waals surface area contributed by atoms with Crippen LogP contribution in [0.3, 0.4) is 0 Å². The first-order valence-corrected chi connectivity index (χ1v) is 12.9. The van der Waals surface area contributed by atoms with Crippen LogP contribution in [0.5, 0.6) is 17.2 Å². The molecule has 1 N–H and O–H groups in total. The van der Waals surface area contributed by atoms with E-state index in [0.29, 0.717) is 53.7 Å². The highest BCUT2D eigenvalue weighted by atomic mass is 32.2. The van der Waals surface area contributed by atoms with Crippen LogP contribution in [-0.2, 0) is 11.2 Å². The molecule has 0 saturated carbocycles. The number of aromatic nitrogens is 2. The highest BCUT2D eigenvalue weighted by Gasteiger charge is 2.19. The van der Waals surface area contributed by atoms with Crippen LogP contribution in [0.25, 0.3) is 11.5 Å². The van der Waals surface area contributed by atoms with Gasteiger partial charge in [0.25, 0.3) is 5.22 Å². The lowest BCUT2D eigenvalue weighted by Crippen LogP contribution is -2.34. The molecule has 188 valence electrons. The number of hydrogen-bond donors (Lipinski definition) is 1. The molecule has 1 atom stereocenters. The van der Waals surface area contributed by atoms with Crippen molar-refractivity contribution in [2.45, 2.75) is 51.8 Å². The minimum Gasteiger partial charge on any atom is -0.490 e. The Kier molecular flexibility index (Phi) is 10.3. The molecule has 1 unspecified atom stereocenters. The number of hydrogen-bond acceptors (Lipinski definition) is 8. The summed E-state index contributed by atoms with van der Waals surface area (Å²) in [6.45, 7) is 9.14. The minimum absolute atomic E-state index is 0.0689. The summed E-state index contributed by atoms with van der Waals surface area (Å²) in [5.74, 6) is 2.07. The summed E-state index contributed by atoms with van der Waals surface area (Å²) in [6.07, 6.45) is 1.78. The molecule has 0 aliphatic rings. The fourth-order valence-electron chi connectivity index (χ4n) is 3.44. The predicted octanol–water partition coefficient (Wildman–Crippen LogP) is 5.16. The molecule has 1 aromatic heterocycles. The van der Waals surface area contributed by atoms with Gasteiger partial charge in [-0.2, -0.15) is 0 Å². The molecule has 0 aliphatic carbocycles. The molecule has 9 heteroatoms. The number of nitrogens with zero attached hydrogens (tertiary/aromatic N) is 2. The molecular weight excluding hydrogens is 466 g/mol. The van der Waals surface area contributed by atoms with Crippen molar-refractivity contribution in [2.24, 2.45) is 0 Å². The molecule has 1 amide bonds. The highest BCUT2D eigenvalue weighted by molar-refractivity contribution is 7.99. The lowest BCUT2D eigenvalue weighted by Gasteiger charge is -2.16. The van der Waals surface area contributed by atoms with E-state index in [2.05, 4.69) is 27.6 Å². The summed E-state index contributed by atoms with van der Waals surface area (Å²) in [5, 5.41) is 11.6. The number of carbonyl (C=O) groups excluding carboxylic acids is 1. The van der Waals surface area contributed by atoms with E-state index < -0.39 is 0 Å². The number of carbonyl (C=O) groups is 1. The quantitative estimate of drug-likeness (QED) is 0.304. The molecule has 0 aliphatic heterocycles. The maximum atomic E-state index is 12.4. The van der Waals surface area contributed by atoms with Crippen LogP contribution in [0, 0.1) is 0 Å². The van der Waals surface area contributed by atoms with Gasteiger partial charge >= 0.3 is 0 Å². The normalized spacial score (nSPS) is 11.7. The molecule has 3 rings (SSSR count). The Hall–Kier alpha value is -3.20. The predicted molar refractivity (Wildman–Crippen MR) is 136 cm³/mol. The maximum absolute atomic E-state index is 12.4. The molecule has 0 bridgehead atoms. The van der Waals surface area contributed by atoms with E-state index in [9.17, 15) is 4.79 Å². The van der Waals surface area contributed by atoms with Gasteiger partial charge in [0.05, 0.1) is 25.6 Å². The van der Waals surface area contributed by atoms with Crippen LogP contribution < -0.4 is 19.5 Å². The first-order chi connectivity index (χ1) is 17.0. The number of aryl methyl sites for hydroxylation is 1. The van der Waals surface area contributed by atoms with Crippen molar-refractivity contribution in [1.29, 1.82) is 0 Å². The highest BCUT2D eigenvalue weighted by Crippen LogP contribution is 2.42. The Bertz CT molecular complexity index is 1050. The van der Waals surface area contributed by atoms with Crippen molar-refractivity contribution >= 4 is 17.7 Å². The van der Waals surface area contributed by atoms with Crippen LogP contribution in [0.4, 0.5) is 0 Å². The van der Waals surface area contributed by atoms with Gasteiger partial charge in [-0.05, 0) is 58.2 Å². The summed E-state index contributed by atoms with van der Waals surface area (Å²) in [5.41, 5.74) is 1.91. The van der Waals surface area contributed by atoms with E-state index in [1.54, 1.807) is 12.1 Å². The van der Waals surface area contributed by atoms with Crippen LogP contribution in [0.15, 0.2) is 52.1 Å². The number of nitrogens with one attached hydrogen (secondary N) is 1. The second-order valence-corrected chi connectivity index (χ2v) is 8.68. The zero-order valence-corrected chi connectivity index (χ0v) is 21.5. The van der Waals surface area contributed by atoms with Crippen molar-refractivity contribution in [3.05, 3.63) is 48.0 Å². The molecule has 1 heterocycles. The second kappa shape index (κ2) is 13.6. The molecule has 0 saturated heterocycles. The van der Waals surface area contributed by atoms with Crippen molar-refractivity contribution in [1.82, 2.24) is 15.5 Å². The average molecular weight is 500 g/mol. The topological polar surface area (TPSA) is 95.7 Å². The summed E-state index contributed by atoms with van der Waals surface area (Å²) in [6, 6.07) is 13.9. The van der Waals surface area contributed by atoms with E-state index in [1.165, 1.54) is 17.3 Å². The third-order valence-electron chi connectivity index (χ3n) is 5.01. The van der Waals surface area contributed by atoms with Crippen molar-refractivity contribution in [3.8, 4) is 28.7 Å². The molecule has 35 heavy (non-hydrogen) atoms. The van der Waals surface area contributed by atoms with E-state index in [4.69, 9.17) is 18.6 Å². The number of thioether (sulfide) groups is 1. The van der Waals surface area contributed by atoms with E-state index in [0.717, 1.165) is 12.8 Å². The lowest BCUT2D eigenvalue weighted by molar-refractivity contribution is -0.119. The zero-order chi connectivity index (χ0) is 25.0. The van der Waals surface area contributed by atoms with E-state index in [-0.39, 0.29) is 17.7 Å². The number of rotatable bonds is 14. The molecule has 0 radical (unpaired) electrons. The smallest absolute Gasteiger partial charge is 0.277 e. The van der Waals surface area contributed by atoms with Gasteiger partial charge in [-0.15, -0.1) is 10.2 Å². The monoisotopic (exact) mass is 499 g/mol. The Balaban J connectivity index is 1.59. The first kappa shape index (κ1) is 26.4. The van der Waals surface area contributed by atoms with Gasteiger partial charge in [-0.25, -0.2) is 0 Å². The summed E-state index contributed by atoms with van der Waals surface area (Å²) in [4.78, 5) is 12.4. The van der Waals surface area contributed by atoms with Crippen molar-refractivity contribution < 1.29 is 23.4 Å². The van der Waals surface area contributed by atoms with Crippen molar-refractivity contribution in [3.63, 3.8) is 0 Å². The van der Waals surface area contributed by atoms with E-state index in [1.807, 2.05) is 45.9 Å². The van der Waals surface area contributed by atoms with Gasteiger partial charge in [0.15, 0.2) is 11.5 Å². The minimum atomic E-state index is -0.0753. The molecular formula is C26H33N3O5S. The Morgan fingerprint density at radius 2 is 1.66 bits per heavy atom.